The lowest BCUT2D eigenvalue weighted by Gasteiger charge is -2.06. The monoisotopic (exact) mass is 247 g/mol. The van der Waals surface area contributed by atoms with Crippen molar-refractivity contribution in [2.75, 3.05) is 12.4 Å². The van der Waals surface area contributed by atoms with Crippen LogP contribution in [0.4, 0.5) is 5.82 Å². The van der Waals surface area contributed by atoms with Crippen LogP contribution in [-0.2, 0) is 6.42 Å². The number of nitrogens with zero attached hydrogens (tertiary/aromatic N) is 2. The second-order valence-electron chi connectivity index (χ2n) is 3.67. The molecule has 4 heteroatoms. The van der Waals surface area contributed by atoms with Crippen LogP contribution >= 0.6 is 11.6 Å². The van der Waals surface area contributed by atoms with Crippen molar-refractivity contribution < 1.29 is 0 Å². The Bertz CT molecular complexity index is 486. The van der Waals surface area contributed by atoms with Gasteiger partial charge in [-0.15, -0.1) is 0 Å². The van der Waals surface area contributed by atoms with E-state index in [0.717, 1.165) is 34.3 Å². The highest BCUT2D eigenvalue weighted by Crippen LogP contribution is 2.21. The van der Waals surface area contributed by atoms with Crippen LogP contribution in [0.5, 0.6) is 0 Å². The first-order chi connectivity index (χ1) is 8.22. The van der Waals surface area contributed by atoms with E-state index in [2.05, 4.69) is 15.3 Å². The minimum absolute atomic E-state index is 0.729. The molecule has 0 atom stereocenters. The molecule has 0 radical (unpaired) electrons. The van der Waals surface area contributed by atoms with Crippen LogP contribution in [0, 0.1) is 0 Å². The van der Waals surface area contributed by atoms with Crippen molar-refractivity contribution in [2.24, 2.45) is 0 Å². The molecule has 0 spiro atoms. The molecule has 17 heavy (non-hydrogen) atoms. The Morgan fingerprint density at radius 2 is 1.88 bits per heavy atom. The lowest BCUT2D eigenvalue weighted by molar-refractivity contribution is 0.945. The van der Waals surface area contributed by atoms with Crippen LogP contribution in [0.15, 0.2) is 30.3 Å². The topological polar surface area (TPSA) is 37.8 Å². The van der Waals surface area contributed by atoms with Gasteiger partial charge in [-0.25, -0.2) is 9.97 Å². The number of halogens is 1. The fourth-order valence-corrected chi connectivity index (χ4v) is 1.68. The normalized spacial score (nSPS) is 10.3. The quantitative estimate of drug-likeness (QED) is 0.903. The fraction of sp³-hybridized carbons (Fsp3) is 0.231. The molecule has 0 aliphatic rings. The summed E-state index contributed by atoms with van der Waals surface area (Å²) in [5, 5.41) is 3.78. The number of aryl methyl sites for hydroxylation is 1. The molecule has 0 unspecified atom stereocenters. The van der Waals surface area contributed by atoms with Crippen molar-refractivity contribution in [3.8, 4) is 11.3 Å². The van der Waals surface area contributed by atoms with E-state index in [-0.39, 0.29) is 0 Å². The number of benzene rings is 1. The first kappa shape index (κ1) is 11.9. The van der Waals surface area contributed by atoms with Gasteiger partial charge in [-0.3, -0.25) is 0 Å². The fourth-order valence-electron chi connectivity index (χ4n) is 1.55. The molecule has 3 nitrogen and oxygen atoms in total. The highest BCUT2D eigenvalue weighted by molar-refractivity contribution is 6.30. The van der Waals surface area contributed by atoms with Crippen LogP contribution in [0.1, 0.15) is 12.7 Å². The Kier molecular flexibility index (Phi) is 3.59. The maximum atomic E-state index is 5.87. The summed E-state index contributed by atoms with van der Waals surface area (Å²) in [4.78, 5) is 8.87. The largest absolute Gasteiger partial charge is 0.373 e. The Labute approximate surface area is 106 Å². The maximum Gasteiger partial charge on any atom is 0.131 e. The zero-order valence-corrected chi connectivity index (χ0v) is 10.6. The number of rotatable bonds is 3. The minimum Gasteiger partial charge on any atom is -0.373 e. The van der Waals surface area contributed by atoms with E-state index in [9.17, 15) is 0 Å². The van der Waals surface area contributed by atoms with Crippen molar-refractivity contribution in [3.05, 3.63) is 41.2 Å². The standard InChI is InChI=1S/C13H14ClN3/c1-3-12-16-11(8-13(15-2)17-12)9-4-6-10(14)7-5-9/h4-8H,3H2,1-2H3,(H,15,16,17). The predicted molar refractivity (Wildman–Crippen MR) is 71.4 cm³/mol. The van der Waals surface area contributed by atoms with Crippen LogP contribution in [0.2, 0.25) is 5.02 Å². The molecule has 1 heterocycles. The summed E-state index contributed by atoms with van der Waals surface area (Å²) in [6.07, 6.45) is 0.816. The van der Waals surface area contributed by atoms with E-state index >= 15 is 0 Å². The average molecular weight is 248 g/mol. The highest BCUT2D eigenvalue weighted by Gasteiger charge is 2.04. The number of nitrogens with one attached hydrogen (secondary N) is 1. The summed E-state index contributed by atoms with van der Waals surface area (Å²) < 4.78 is 0. The first-order valence-corrected chi connectivity index (χ1v) is 5.92. The first-order valence-electron chi connectivity index (χ1n) is 5.54. The van der Waals surface area contributed by atoms with E-state index in [1.54, 1.807) is 0 Å². The van der Waals surface area contributed by atoms with Gasteiger partial charge < -0.3 is 5.32 Å². The Hall–Kier alpha value is -1.61. The SMILES string of the molecule is CCc1nc(NC)cc(-c2ccc(Cl)cc2)n1. The van der Waals surface area contributed by atoms with Gasteiger partial charge in [0.25, 0.3) is 0 Å². The average Bonchev–Trinajstić information content (AvgIpc) is 2.39. The lowest BCUT2D eigenvalue weighted by Crippen LogP contribution is -2.00. The summed E-state index contributed by atoms with van der Waals surface area (Å²) in [7, 11) is 1.85. The van der Waals surface area contributed by atoms with Gasteiger partial charge in [-0.2, -0.15) is 0 Å². The smallest absolute Gasteiger partial charge is 0.131 e. The number of hydrogen-bond acceptors (Lipinski definition) is 3. The number of anilines is 1. The van der Waals surface area contributed by atoms with Crippen molar-refractivity contribution in [3.63, 3.8) is 0 Å². The summed E-state index contributed by atoms with van der Waals surface area (Å²) >= 11 is 5.87. The third kappa shape index (κ3) is 2.74. The van der Waals surface area contributed by atoms with Gasteiger partial charge in [0, 0.05) is 30.1 Å². The molecule has 0 bridgehead atoms. The van der Waals surface area contributed by atoms with Crippen LogP contribution in [-0.4, -0.2) is 17.0 Å². The zero-order chi connectivity index (χ0) is 12.3. The van der Waals surface area contributed by atoms with Crippen LogP contribution < -0.4 is 5.32 Å². The molecule has 0 aliphatic carbocycles. The van der Waals surface area contributed by atoms with Crippen LogP contribution in [0.25, 0.3) is 11.3 Å². The van der Waals surface area contributed by atoms with Gasteiger partial charge in [0.1, 0.15) is 11.6 Å². The maximum absolute atomic E-state index is 5.87. The van der Waals surface area contributed by atoms with E-state index < -0.39 is 0 Å². The molecule has 88 valence electrons. The van der Waals surface area contributed by atoms with Gasteiger partial charge in [0.05, 0.1) is 5.69 Å². The van der Waals surface area contributed by atoms with Gasteiger partial charge in [0.2, 0.25) is 0 Å². The van der Waals surface area contributed by atoms with E-state index in [1.165, 1.54) is 0 Å². The molecule has 1 N–H and O–H groups in total. The molecule has 0 saturated heterocycles. The summed E-state index contributed by atoms with van der Waals surface area (Å²) in [5.74, 6) is 1.67. The molecule has 1 aromatic heterocycles. The second kappa shape index (κ2) is 5.15. The molecular weight excluding hydrogens is 234 g/mol. The molecule has 0 amide bonds. The van der Waals surface area contributed by atoms with E-state index in [1.807, 2.05) is 44.3 Å². The summed E-state index contributed by atoms with van der Waals surface area (Å²) in [5.41, 5.74) is 1.96. The van der Waals surface area contributed by atoms with Crippen LogP contribution in [0.3, 0.4) is 0 Å². The summed E-state index contributed by atoms with van der Waals surface area (Å²) in [6, 6.07) is 9.59. The summed E-state index contributed by atoms with van der Waals surface area (Å²) in [6.45, 7) is 2.04. The van der Waals surface area contributed by atoms with Crippen molar-refractivity contribution in [1.82, 2.24) is 9.97 Å². The molecule has 0 saturated carbocycles. The van der Waals surface area contributed by atoms with E-state index in [0.29, 0.717) is 0 Å². The number of hydrogen-bond donors (Lipinski definition) is 1. The van der Waals surface area contributed by atoms with E-state index in [4.69, 9.17) is 11.6 Å². The third-order valence-electron chi connectivity index (χ3n) is 2.48. The minimum atomic E-state index is 0.729. The molecular formula is C13H14ClN3. The zero-order valence-electron chi connectivity index (χ0n) is 9.87. The van der Waals surface area contributed by atoms with Gasteiger partial charge in [0.15, 0.2) is 0 Å². The molecule has 0 aliphatic heterocycles. The number of aromatic nitrogens is 2. The molecule has 2 rings (SSSR count). The second-order valence-corrected chi connectivity index (χ2v) is 4.10. The van der Waals surface area contributed by atoms with Crippen molar-refractivity contribution in [1.29, 1.82) is 0 Å². The Morgan fingerprint density at radius 1 is 1.18 bits per heavy atom. The highest BCUT2D eigenvalue weighted by atomic mass is 35.5. The van der Waals surface area contributed by atoms with Gasteiger partial charge in [-0.1, -0.05) is 30.7 Å². The predicted octanol–water partition coefficient (Wildman–Crippen LogP) is 3.40. The molecule has 1 aromatic carbocycles. The lowest BCUT2D eigenvalue weighted by atomic mass is 10.1. The van der Waals surface area contributed by atoms with Gasteiger partial charge >= 0.3 is 0 Å². The van der Waals surface area contributed by atoms with Crippen molar-refractivity contribution in [2.45, 2.75) is 13.3 Å². The van der Waals surface area contributed by atoms with Gasteiger partial charge in [-0.05, 0) is 12.1 Å². The third-order valence-corrected chi connectivity index (χ3v) is 2.74. The van der Waals surface area contributed by atoms with Crippen molar-refractivity contribution >= 4 is 17.4 Å². The molecule has 0 fully saturated rings. The Balaban J connectivity index is 2.46. The molecule has 2 aromatic rings. The Morgan fingerprint density at radius 3 is 2.47 bits per heavy atom.